The van der Waals surface area contributed by atoms with Gasteiger partial charge in [-0.1, -0.05) is 18.2 Å². The Hall–Kier alpha value is -2.40. The maximum absolute atomic E-state index is 12.0. The van der Waals surface area contributed by atoms with Gasteiger partial charge in [-0.3, -0.25) is 9.78 Å². The van der Waals surface area contributed by atoms with Crippen LogP contribution in [0.5, 0.6) is 5.75 Å². The Balaban J connectivity index is 1.91. The van der Waals surface area contributed by atoms with Gasteiger partial charge in [0.2, 0.25) is 0 Å². The molecule has 0 radical (unpaired) electrons. The first-order valence-corrected chi connectivity index (χ1v) is 6.77. The summed E-state index contributed by atoms with van der Waals surface area (Å²) in [6.07, 6.45) is 2.28. The van der Waals surface area contributed by atoms with E-state index in [1.165, 1.54) is 6.07 Å². The van der Waals surface area contributed by atoms with E-state index in [0.29, 0.717) is 13.0 Å². The molecule has 0 saturated heterocycles. The van der Waals surface area contributed by atoms with E-state index in [9.17, 15) is 15.0 Å². The number of phenols is 1. The monoisotopic (exact) mass is 286 g/mol. The van der Waals surface area contributed by atoms with Crippen LogP contribution in [-0.4, -0.2) is 34.3 Å². The van der Waals surface area contributed by atoms with E-state index in [0.717, 1.165) is 5.69 Å². The summed E-state index contributed by atoms with van der Waals surface area (Å²) in [4.78, 5) is 16.2. The highest BCUT2D eigenvalue weighted by atomic mass is 16.3. The Morgan fingerprint density at radius 3 is 2.62 bits per heavy atom. The number of benzene rings is 1. The van der Waals surface area contributed by atoms with Gasteiger partial charge < -0.3 is 15.5 Å². The number of nitrogens with one attached hydrogen (secondary N) is 1. The van der Waals surface area contributed by atoms with Crippen LogP contribution < -0.4 is 5.32 Å². The van der Waals surface area contributed by atoms with Gasteiger partial charge in [-0.2, -0.15) is 0 Å². The van der Waals surface area contributed by atoms with Crippen molar-refractivity contribution in [2.24, 2.45) is 5.92 Å². The van der Waals surface area contributed by atoms with Gasteiger partial charge in [0.05, 0.1) is 5.56 Å². The van der Waals surface area contributed by atoms with Gasteiger partial charge in [0.25, 0.3) is 5.91 Å². The van der Waals surface area contributed by atoms with Crippen LogP contribution in [0.1, 0.15) is 16.1 Å². The first-order chi connectivity index (χ1) is 10.2. The van der Waals surface area contributed by atoms with Gasteiger partial charge in [0.1, 0.15) is 5.75 Å². The van der Waals surface area contributed by atoms with Gasteiger partial charge in [-0.05, 0) is 30.7 Å². The molecule has 1 unspecified atom stereocenters. The van der Waals surface area contributed by atoms with Crippen LogP contribution in [0.15, 0.2) is 48.7 Å². The Kier molecular flexibility index (Phi) is 5.29. The van der Waals surface area contributed by atoms with Gasteiger partial charge >= 0.3 is 0 Å². The highest BCUT2D eigenvalue weighted by Gasteiger charge is 2.14. The fourth-order valence-corrected chi connectivity index (χ4v) is 2.01. The predicted octanol–water partition coefficient (Wildman–Crippen LogP) is 1.37. The maximum Gasteiger partial charge on any atom is 0.255 e. The molecule has 0 aliphatic heterocycles. The maximum atomic E-state index is 12.0. The molecule has 5 nitrogen and oxygen atoms in total. The molecule has 1 amide bonds. The first kappa shape index (κ1) is 15.0. The third-order valence-electron chi connectivity index (χ3n) is 3.18. The van der Waals surface area contributed by atoms with E-state index in [4.69, 9.17) is 0 Å². The smallest absolute Gasteiger partial charge is 0.255 e. The van der Waals surface area contributed by atoms with Crippen LogP contribution in [0.25, 0.3) is 0 Å². The zero-order valence-electron chi connectivity index (χ0n) is 11.6. The summed E-state index contributed by atoms with van der Waals surface area (Å²) in [6, 6.07) is 12.0. The number of aliphatic hydroxyl groups is 1. The Morgan fingerprint density at radius 2 is 1.95 bits per heavy atom. The Labute approximate surface area is 123 Å². The van der Waals surface area contributed by atoms with Crippen molar-refractivity contribution in [3.63, 3.8) is 0 Å². The summed E-state index contributed by atoms with van der Waals surface area (Å²) in [6.45, 7) is 0.276. The highest BCUT2D eigenvalue weighted by Crippen LogP contribution is 2.15. The third kappa shape index (κ3) is 4.29. The van der Waals surface area contributed by atoms with Crippen LogP contribution in [0, 0.1) is 5.92 Å². The number of para-hydroxylation sites is 1. The lowest BCUT2D eigenvalue weighted by molar-refractivity contribution is 0.0937. The van der Waals surface area contributed by atoms with Gasteiger partial charge in [-0.25, -0.2) is 0 Å². The first-order valence-electron chi connectivity index (χ1n) is 6.77. The van der Waals surface area contributed by atoms with Crippen LogP contribution in [0.4, 0.5) is 0 Å². The summed E-state index contributed by atoms with van der Waals surface area (Å²) in [5, 5.41) is 21.7. The minimum atomic E-state index is -0.354. The minimum Gasteiger partial charge on any atom is -0.507 e. The van der Waals surface area contributed by atoms with E-state index in [-0.39, 0.29) is 29.7 Å². The van der Waals surface area contributed by atoms with Crippen LogP contribution in [-0.2, 0) is 6.42 Å². The molecular formula is C16H18N2O3. The largest absolute Gasteiger partial charge is 0.507 e. The number of aliphatic hydroxyl groups excluding tert-OH is 1. The van der Waals surface area contributed by atoms with Crippen LogP contribution in [0.3, 0.4) is 0 Å². The van der Waals surface area contributed by atoms with Crippen molar-refractivity contribution in [3.05, 3.63) is 59.9 Å². The topological polar surface area (TPSA) is 82.5 Å². The summed E-state index contributed by atoms with van der Waals surface area (Å²) in [5.41, 5.74) is 1.10. The number of aromatic nitrogens is 1. The molecule has 0 aliphatic carbocycles. The molecule has 0 spiro atoms. The van der Waals surface area contributed by atoms with Crippen LogP contribution in [0.2, 0.25) is 0 Å². The summed E-state index contributed by atoms with van der Waals surface area (Å²) >= 11 is 0. The molecule has 0 aliphatic rings. The number of rotatable bonds is 6. The second-order valence-electron chi connectivity index (χ2n) is 4.80. The molecule has 5 heteroatoms. The second kappa shape index (κ2) is 7.40. The molecule has 1 aromatic heterocycles. The number of aromatic hydroxyl groups is 1. The second-order valence-corrected chi connectivity index (χ2v) is 4.80. The number of hydrogen-bond acceptors (Lipinski definition) is 4. The van der Waals surface area contributed by atoms with Gasteiger partial charge in [0, 0.05) is 31.0 Å². The van der Waals surface area contributed by atoms with Crippen LogP contribution >= 0.6 is 0 Å². The molecule has 0 fully saturated rings. The average Bonchev–Trinajstić information content (AvgIpc) is 2.52. The zero-order valence-corrected chi connectivity index (χ0v) is 11.6. The predicted molar refractivity (Wildman–Crippen MR) is 79.0 cm³/mol. The van der Waals surface area contributed by atoms with Crippen molar-refractivity contribution < 1.29 is 15.0 Å². The van der Waals surface area contributed by atoms with Gasteiger partial charge in [0.15, 0.2) is 0 Å². The number of nitrogens with zero attached hydrogens (tertiary/aromatic N) is 1. The molecule has 21 heavy (non-hydrogen) atoms. The quantitative estimate of drug-likeness (QED) is 0.749. The molecule has 1 heterocycles. The number of phenolic OH excluding ortho intramolecular Hbond substituents is 1. The molecule has 1 aromatic carbocycles. The lowest BCUT2D eigenvalue weighted by Crippen LogP contribution is -2.32. The van der Waals surface area contributed by atoms with E-state index in [1.807, 2.05) is 18.2 Å². The van der Waals surface area contributed by atoms with Gasteiger partial charge in [-0.15, -0.1) is 0 Å². The Morgan fingerprint density at radius 1 is 1.19 bits per heavy atom. The average molecular weight is 286 g/mol. The lowest BCUT2D eigenvalue weighted by Gasteiger charge is -2.15. The standard InChI is InChI=1S/C16H18N2O3/c19-11-12(9-13-5-3-4-8-17-13)10-18-16(21)14-6-1-2-7-15(14)20/h1-8,12,19-20H,9-11H2,(H,18,21). The van der Waals surface area contributed by atoms with Crippen molar-refractivity contribution in [1.82, 2.24) is 10.3 Å². The summed E-state index contributed by atoms with van der Waals surface area (Å²) in [7, 11) is 0. The van der Waals surface area contributed by atoms with Crippen molar-refractivity contribution in [2.75, 3.05) is 13.2 Å². The summed E-state index contributed by atoms with van der Waals surface area (Å²) < 4.78 is 0. The highest BCUT2D eigenvalue weighted by molar-refractivity contribution is 5.96. The van der Waals surface area contributed by atoms with E-state index in [1.54, 1.807) is 24.4 Å². The minimum absolute atomic E-state index is 0.0440. The van der Waals surface area contributed by atoms with E-state index in [2.05, 4.69) is 10.3 Å². The number of pyridine rings is 1. The number of carbonyl (C=O) groups is 1. The SMILES string of the molecule is O=C(NCC(CO)Cc1ccccn1)c1ccccc1O. The van der Waals surface area contributed by atoms with E-state index < -0.39 is 0 Å². The lowest BCUT2D eigenvalue weighted by atomic mass is 10.0. The molecule has 2 aromatic rings. The molecule has 0 bridgehead atoms. The number of amides is 1. The van der Waals surface area contributed by atoms with E-state index >= 15 is 0 Å². The normalized spacial score (nSPS) is 11.9. The number of carbonyl (C=O) groups excluding carboxylic acids is 1. The van der Waals surface area contributed by atoms with Crippen molar-refractivity contribution in [1.29, 1.82) is 0 Å². The van der Waals surface area contributed by atoms with Crippen molar-refractivity contribution >= 4 is 5.91 Å². The molecule has 0 saturated carbocycles. The zero-order chi connectivity index (χ0) is 15.1. The molecule has 110 valence electrons. The fourth-order valence-electron chi connectivity index (χ4n) is 2.01. The molecule has 1 atom stereocenters. The molecular weight excluding hydrogens is 268 g/mol. The fraction of sp³-hybridized carbons (Fsp3) is 0.250. The number of hydrogen-bond donors (Lipinski definition) is 3. The van der Waals surface area contributed by atoms with Crippen molar-refractivity contribution in [3.8, 4) is 5.75 Å². The molecule has 2 rings (SSSR count). The Bertz CT molecular complexity index is 587. The van der Waals surface area contributed by atoms with Crippen molar-refractivity contribution in [2.45, 2.75) is 6.42 Å². The molecule has 3 N–H and O–H groups in total. The summed E-state index contributed by atoms with van der Waals surface area (Å²) in [5.74, 6) is -0.525. The third-order valence-corrected chi connectivity index (χ3v) is 3.18.